The first-order valence-electron chi connectivity index (χ1n) is 7.30. The molecule has 1 aromatic heterocycles. The van der Waals surface area contributed by atoms with Crippen molar-refractivity contribution in [2.75, 3.05) is 6.54 Å². The van der Waals surface area contributed by atoms with Crippen LogP contribution in [-0.4, -0.2) is 34.2 Å². The van der Waals surface area contributed by atoms with Crippen molar-refractivity contribution in [3.63, 3.8) is 0 Å². The minimum atomic E-state index is -0.432. The second-order valence-electron chi connectivity index (χ2n) is 5.69. The summed E-state index contributed by atoms with van der Waals surface area (Å²) in [5.41, 5.74) is 1.68. The summed E-state index contributed by atoms with van der Waals surface area (Å²) < 4.78 is 1.62. The molecular weight excluding hydrogens is 282 g/mol. The normalized spacial score (nSPS) is 21.7. The number of aryl methyl sites for hydroxylation is 1. The summed E-state index contributed by atoms with van der Waals surface area (Å²) in [5, 5.41) is 3.63. The second-order valence-corrected chi connectivity index (χ2v) is 5.69. The molecule has 2 atom stereocenters. The summed E-state index contributed by atoms with van der Waals surface area (Å²) in [6.07, 6.45) is 3.12. The van der Waals surface area contributed by atoms with E-state index in [1.807, 2.05) is 19.1 Å². The zero-order valence-electron chi connectivity index (χ0n) is 12.3. The van der Waals surface area contributed by atoms with Crippen molar-refractivity contribution < 1.29 is 9.59 Å². The van der Waals surface area contributed by atoms with E-state index in [1.54, 1.807) is 17.0 Å². The van der Waals surface area contributed by atoms with E-state index in [0.717, 1.165) is 5.56 Å². The molecule has 0 aliphatic carbocycles. The van der Waals surface area contributed by atoms with Crippen LogP contribution in [0.25, 0.3) is 10.9 Å². The van der Waals surface area contributed by atoms with E-state index in [1.165, 1.54) is 0 Å². The minimum absolute atomic E-state index is 0.0543. The summed E-state index contributed by atoms with van der Waals surface area (Å²) >= 11 is 0. The van der Waals surface area contributed by atoms with E-state index in [-0.39, 0.29) is 11.6 Å². The van der Waals surface area contributed by atoms with Crippen molar-refractivity contribution >= 4 is 23.0 Å². The zero-order chi connectivity index (χ0) is 15.7. The molecule has 2 aromatic rings. The van der Waals surface area contributed by atoms with Gasteiger partial charge in [-0.15, -0.1) is 0 Å². The molecule has 1 N–H and O–H groups in total. The summed E-state index contributed by atoms with van der Waals surface area (Å²) in [4.78, 5) is 38.8. The van der Waals surface area contributed by atoms with Crippen LogP contribution >= 0.6 is 0 Å². The van der Waals surface area contributed by atoms with Gasteiger partial charge in [-0.3, -0.25) is 19.0 Å². The molecule has 1 fully saturated rings. The minimum Gasteiger partial charge on any atom is -0.305 e. The van der Waals surface area contributed by atoms with Gasteiger partial charge < -0.3 is 5.32 Å². The number of aldehydes is 1. The van der Waals surface area contributed by atoms with E-state index in [0.29, 0.717) is 36.6 Å². The van der Waals surface area contributed by atoms with E-state index >= 15 is 0 Å². The second kappa shape index (κ2) is 5.81. The number of nitrogens with zero attached hydrogens (tertiary/aromatic N) is 2. The van der Waals surface area contributed by atoms with Crippen LogP contribution in [0.3, 0.4) is 0 Å². The van der Waals surface area contributed by atoms with Gasteiger partial charge in [-0.1, -0.05) is 6.07 Å². The van der Waals surface area contributed by atoms with Gasteiger partial charge in [-0.2, -0.15) is 0 Å². The molecule has 1 aliphatic heterocycles. The number of carbonyl (C=O) groups is 2. The van der Waals surface area contributed by atoms with E-state index in [2.05, 4.69) is 10.3 Å². The molecule has 3 rings (SSSR count). The van der Waals surface area contributed by atoms with Gasteiger partial charge in [0.1, 0.15) is 0 Å². The van der Waals surface area contributed by atoms with Crippen LogP contribution in [0.4, 0.5) is 0 Å². The van der Waals surface area contributed by atoms with Gasteiger partial charge in [0.15, 0.2) is 6.29 Å². The Morgan fingerprint density at radius 3 is 2.91 bits per heavy atom. The maximum absolute atomic E-state index is 12.6. The van der Waals surface area contributed by atoms with E-state index in [9.17, 15) is 14.4 Å². The molecule has 0 saturated carbocycles. The quantitative estimate of drug-likeness (QED) is 0.668. The zero-order valence-corrected chi connectivity index (χ0v) is 12.3. The van der Waals surface area contributed by atoms with Crippen LogP contribution in [0.15, 0.2) is 29.3 Å². The molecule has 2 heterocycles. The number of piperidine rings is 1. The number of nitrogens with one attached hydrogen (secondary N) is 1. The number of hydrogen-bond acceptors (Lipinski definition) is 5. The predicted octanol–water partition coefficient (Wildman–Crippen LogP) is 0.766. The van der Waals surface area contributed by atoms with Crippen LogP contribution in [0, 0.1) is 6.92 Å². The SMILES string of the molecule is Cc1ccc2c(=O)n(C3CCC(C(=O)C=O)NC3)cnc2c1. The lowest BCUT2D eigenvalue weighted by atomic mass is 9.98. The Balaban J connectivity index is 1.87. The highest BCUT2D eigenvalue weighted by atomic mass is 16.2. The maximum atomic E-state index is 12.6. The Morgan fingerprint density at radius 2 is 2.23 bits per heavy atom. The predicted molar refractivity (Wildman–Crippen MR) is 81.9 cm³/mol. The van der Waals surface area contributed by atoms with Gasteiger partial charge in [-0.05, 0) is 37.5 Å². The standard InChI is InChI=1S/C16H17N3O3/c1-10-2-4-12-14(6-10)18-9-19(16(12)22)11-3-5-13(17-7-11)15(21)8-20/h2,4,6,8-9,11,13,17H,3,5,7H2,1H3. The average Bonchev–Trinajstić information content (AvgIpc) is 2.54. The smallest absolute Gasteiger partial charge is 0.261 e. The summed E-state index contributed by atoms with van der Waals surface area (Å²) in [7, 11) is 0. The third-order valence-corrected chi connectivity index (χ3v) is 4.18. The maximum Gasteiger partial charge on any atom is 0.261 e. The molecule has 1 saturated heterocycles. The number of carbonyl (C=O) groups excluding carboxylic acids is 2. The fourth-order valence-corrected chi connectivity index (χ4v) is 2.91. The molecule has 0 amide bonds. The first kappa shape index (κ1) is 14.6. The largest absolute Gasteiger partial charge is 0.305 e. The Labute approximate surface area is 127 Å². The molecule has 2 unspecified atom stereocenters. The monoisotopic (exact) mass is 299 g/mol. The van der Waals surface area contributed by atoms with Crippen LogP contribution in [0.5, 0.6) is 0 Å². The lowest BCUT2D eigenvalue weighted by Crippen LogP contribution is -2.46. The first-order chi connectivity index (χ1) is 10.6. The highest BCUT2D eigenvalue weighted by Gasteiger charge is 2.26. The van der Waals surface area contributed by atoms with Crippen LogP contribution < -0.4 is 10.9 Å². The van der Waals surface area contributed by atoms with E-state index < -0.39 is 11.8 Å². The number of Topliss-reactive ketones (excluding diaryl/α,β-unsaturated/α-hetero) is 1. The number of fused-ring (bicyclic) bond motifs is 1. The molecule has 1 aromatic carbocycles. The molecule has 6 heteroatoms. The number of ketones is 1. The summed E-state index contributed by atoms with van der Waals surface area (Å²) in [5.74, 6) is -0.432. The fraction of sp³-hybridized carbons (Fsp3) is 0.375. The van der Waals surface area contributed by atoms with Crippen molar-refractivity contribution in [2.24, 2.45) is 0 Å². The van der Waals surface area contributed by atoms with Gasteiger partial charge in [-0.25, -0.2) is 4.98 Å². The molecule has 0 spiro atoms. The van der Waals surface area contributed by atoms with Gasteiger partial charge in [0.2, 0.25) is 5.78 Å². The Hall–Kier alpha value is -2.34. The van der Waals surface area contributed by atoms with Gasteiger partial charge in [0.05, 0.1) is 29.3 Å². The number of benzene rings is 1. The summed E-state index contributed by atoms with van der Waals surface area (Å²) in [6.45, 7) is 2.44. The first-order valence-corrected chi connectivity index (χ1v) is 7.30. The summed E-state index contributed by atoms with van der Waals surface area (Å²) in [6, 6.07) is 5.10. The van der Waals surface area contributed by atoms with Gasteiger partial charge in [0, 0.05) is 6.54 Å². The van der Waals surface area contributed by atoms with Crippen molar-refractivity contribution in [2.45, 2.75) is 31.8 Å². The Morgan fingerprint density at radius 1 is 1.41 bits per heavy atom. The number of rotatable bonds is 3. The molecule has 0 radical (unpaired) electrons. The fourth-order valence-electron chi connectivity index (χ4n) is 2.91. The number of hydrogen-bond donors (Lipinski definition) is 1. The Bertz CT molecular complexity index is 789. The van der Waals surface area contributed by atoms with Crippen molar-refractivity contribution in [3.05, 3.63) is 40.4 Å². The van der Waals surface area contributed by atoms with Crippen LogP contribution in [0.1, 0.15) is 24.4 Å². The third kappa shape index (κ3) is 2.57. The number of aromatic nitrogens is 2. The van der Waals surface area contributed by atoms with Crippen molar-refractivity contribution in [1.29, 1.82) is 0 Å². The molecular formula is C16H17N3O3. The molecule has 22 heavy (non-hydrogen) atoms. The Kier molecular flexibility index (Phi) is 3.85. The molecule has 0 bridgehead atoms. The highest BCUT2D eigenvalue weighted by molar-refractivity contribution is 6.27. The lowest BCUT2D eigenvalue weighted by Gasteiger charge is -2.29. The highest BCUT2D eigenvalue weighted by Crippen LogP contribution is 2.19. The third-order valence-electron chi connectivity index (χ3n) is 4.18. The van der Waals surface area contributed by atoms with Crippen molar-refractivity contribution in [1.82, 2.24) is 14.9 Å². The van der Waals surface area contributed by atoms with Crippen LogP contribution in [-0.2, 0) is 9.59 Å². The average molecular weight is 299 g/mol. The lowest BCUT2D eigenvalue weighted by molar-refractivity contribution is -0.131. The molecule has 6 nitrogen and oxygen atoms in total. The van der Waals surface area contributed by atoms with E-state index in [4.69, 9.17) is 0 Å². The van der Waals surface area contributed by atoms with Crippen molar-refractivity contribution in [3.8, 4) is 0 Å². The van der Waals surface area contributed by atoms with Crippen LogP contribution in [0.2, 0.25) is 0 Å². The molecule has 1 aliphatic rings. The van der Waals surface area contributed by atoms with Gasteiger partial charge >= 0.3 is 0 Å². The van der Waals surface area contributed by atoms with Gasteiger partial charge in [0.25, 0.3) is 5.56 Å². The topological polar surface area (TPSA) is 81.1 Å². The molecule has 114 valence electrons.